The number of phenolic OH excluding ortho intramolecular Hbond substituents is 1. The summed E-state index contributed by atoms with van der Waals surface area (Å²) in [6.45, 7) is 24.4. The first-order valence-electron chi connectivity index (χ1n) is 24.9. The Morgan fingerprint density at radius 2 is 1.76 bits per heavy atom. The number of ether oxygens (including phenoxy) is 2. The fraction of sp³-hybridized carbons (Fsp3) is 0.473. The number of likely N-dealkylation sites (N-methyl/N-ethyl adjacent to an activating group) is 2. The third-order valence-electron chi connectivity index (χ3n) is 14.9. The Labute approximate surface area is 421 Å². The first-order chi connectivity index (χ1) is 34.5. The van der Waals surface area contributed by atoms with Gasteiger partial charge in [-0.25, -0.2) is 13.8 Å². The number of rotatable bonds is 21. The highest BCUT2D eigenvalue weighted by Gasteiger charge is 2.45. The largest absolute Gasteiger partial charge is 0.508 e. The number of nitrogens with one attached hydrogen (secondary N) is 1. The molecule has 2 aromatic carbocycles. The van der Waals surface area contributed by atoms with Crippen molar-refractivity contribution in [3.8, 4) is 41.2 Å². The van der Waals surface area contributed by atoms with E-state index in [-0.39, 0.29) is 56.7 Å². The number of halogens is 2. The average molecular weight is 987 g/mol. The zero-order chi connectivity index (χ0) is 51.4. The Balaban J connectivity index is 0.891. The van der Waals surface area contributed by atoms with E-state index >= 15 is 8.78 Å². The molecule has 17 heteroatoms. The Morgan fingerprint density at radius 3 is 2.43 bits per heavy atom. The van der Waals surface area contributed by atoms with Gasteiger partial charge in [0.1, 0.15) is 40.3 Å². The minimum Gasteiger partial charge on any atom is -0.508 e. The maximum atomic E-state index is 17.3. The van der Waals surface area contributed by atoms with Crippen molar-refractivity contribution in [3.63, 3.8) is 0 Å². The molecule has 1 saturated carbocycles. The number of aromatic nitrogens is 3. The lowest BCUT2D eigenvalue weighted by Crippen LogP contribution is -2.49. The predicted octanol–water partition coefficient (Wildman–Crippen LogP) is 6.22. The number of fused-ring (bicyclic) bond motifs is 2. The van der Waals surface area contributed by atoms with Crippen LogP contribution in [0.25, 0.3) is 32.9 Å². The molecule has 72 heavy (non-hydrogen) atoms. The molecule has 1 aliphatic carbocycles. The van der Waals surface area contributed by atoms with E-state index < -0.39 is 17.7 Å². The van der Waals surface area contributed by atoms with Crippen molar-refractivity contribution in [1.82, 2.24) is 44.8 Å². The molecule has 4 aliphatic rings. The number of hydrogen-bond acceptors (Lipinski definition) is 14. The van der Waals surface area contributed by atoms with Crippen molar-refractivity contribution < 1.29 is 33.0 Å². The van der Waals surface area contributed by atoms with E-state index in [2.05, 4.69) is 74.4 Å². The van der Waals surface area contributed by atoms with E-state index in [0.717, 1.165) is 101 Å². The number of phenols is 1. The number of carbonyl (C=O) groups is 2. The van der Waals surface area contributed by atoms with Crippen molar-refractivity contribution in [1.29, 1.82) is 0 Å². The molecule has 2 N–H and O–H groups in total. The molecule has 3 saturated heterocycles. The van der Waals surface area contributed by atoms with Gasteiger partial charge in [-0.3, -0.25) is 4.79 Å². The van der Waals surface area contributed by atoms with Crippen molar-refractivity contribution >= 4 is 39.7 Å². The van der Waals surface area contributed by atoms with E-state index in [1.807, 2.05) is 13.1 Å². The van der Waals surface area contributed by atoms with Gasteiger partial charge in [-0.1, -0.05) is 38.6 Å². The number of methoxy groups -OCH3 is 1. The second kappa shape index (κ2) is 22.0. The minimum absolute atomic E-state index is 0.0403. The van der Waals surface area contributed by atoms with Gasteiger partial charge in [-0.05, 0) is 80.3 Å². The van der Waals surface area contributed by atoms with Crippen LogP contribution in [0.2, 0.25) is 0 Å². The van der Waals surface area contributed by atoms with Crippen LogP contribution in [0.4, 0.5) is 14.6 Å². The van der Waals surface area contributed by atoms with Crippen LogP contribution in [-0.4, -0.2) is 176 Å². The number of hydrogen-bond donors (Lipinski definition) is 2. The maximum absolute atomic E-state index is 17.3. The maximum Gasteiger partial charge on any atom is 0.319 e. The molecule has 0 radical (unpaired) electrons. The molecule has 5 heterocycles. The van der Waals surface area contributed by atoms with Crippen molar-refractivity contribution in [2.24, 2.45) is 11.3 Å². The zero-order valence-corrected chi connectivity index (χ0v) is 42.4. The van der Waals surface area contributed by atoms with Crippen molar-refractivity contribution in [3.05, 3.63) is 89.8 Å². The number of aromatic hydroxyl groups is 1. The number of aldehydes is 1. The second-order valence-electron chi connectivity index (χ2n) is 20.1. The van der Waals surface area contributed by atoms with Gasteiger partial charge in [-0.15, -0.1) is 6.42 Å². The molecule has 0 spiro atoms. The van der Waals surface area contributed by atoms with E-state index in [0.29, 0.717) is 67.2 Å². The normalized spacial score (nSPS) is 18.9. The SMILES string of the molecule is C#Cc1c(F)ccc2cc(O)cc(-c3nc(OC)c4c(N5CCN(C)CC5)nc(OCC5(CN6CCN(CC(C)CCN(C)C(=C)/C=C7/CN(C(C=O)CCC(=C)NC)C(=O)C7=C)CC6)CC5)nc4c3F)c12. The highest BCUT2D eigenvalue weighted by Crippen LogP contribution is 2.47. The fourth-order valence-corrected chi connectivity index (χ4v) is 10.0. The Bertz CT molecular complexity index is 2830. The fourth-order valence-electron chi connectivity index (χ4n) is 10.0. The molecule has 15 nitrogen and oxygen atoms in total. The number of nitrogens with zero attached hydrogens (tertiary/aromatic N) is 9. The van der Waals surface area contributed by atoms with Crippen LogP contribution in [0, 0.1) is 35.3 Å². The van der Waals surface area contributed by atoms with E-state index in [1.54, 1.807) is 11.9 Å². The van der Waals surface area contributed by atoms with Crippen LogP contribution in [0.3, 0.4) is 0 Å². The number of pyridine rings is 1. The zero-order valence-electron chi connectivity index (χ0n) is 42.4. The van der Waals surface area contributed by atoms with Crippen LogP contribution in [-0.2, 0) is 9.59 Å². The number of piperazine rings is 2. The first-order valence-corrected chi connectivity index (χ1v) is 24.9. The summed E-state index contributed by atoms with van der Waals surface area (Å²) in [6, 6.07) is 4.96. The summed E-state index contributed by atoms with van der Waals surface area (Å²) in [5.74, 6) is 1.52. The Hall–Kier alpha value is -6.61. The lowest BCUT2D eigenvalue weighted by Gasteiger charge is -2.37. The number of carbonyl (C=O) groups excluding carboxylic acids is 2. The van der Waals surface area contributed by atoms with Gasteiger partial charge in [-0.2, -0.15) is 9.97 Å². The Morgan fingerprint density at radius 1 is 1.04 bits per heavy atom. The van der Waals surface area contributed by atoms with E-state index in [4.69, 9.17) is 25.9 Å². The number of anilines is 1. The molecule has 4 fully saturated rings. The average Bonchev–Trinajstić information content (AvgIpc) is 4.09. The number of terminal acetylenes is 1. The standard InChI is InChI=1S/C55H68F2N10O5/c1-10-43-45(56)14-12-39-28-42(69)29-44(46(39)43)49-48(57)50-47(52(59-49)71-9)51(66-25-19-62(7)20-26-66)61-54(60-50)72-34-55(16-17-55)33-65-23-21-64(22-24-65)30-35(2)15-18-63(8)37(4)27-40-31-67(53(70)38(40)5)41(32-68)13-11-36(3)58-6/h1,12,14,27-29,32,35,41,58,69H,3-5,11,13,15-26,30-31,33-34H2,2,6-9H3/b40-27-. The topological polar surface area (TPSA) is 143 Å². The van der Waals surface area contributed by atoms with E-state index in [9.17, 15) is 14.7 Å². The quantitative estimate of drug-likeness (QED) is 0.0554. The summed E-state index contributed by atoms with van der Waals surface area (Å²) in [5, 5.41) is 14.7. The molecule has 2 aromatic heterocycles. The monoisotopic (exact) mass is 987 g/mol. The first kappa shape index (κ1) is 51.7. The summed E-state index contributed by atoms with van der Waals surface area (Å²) in [7, 11) is 7.30. The summed E-state index contributed by atoms with van der Waals surface area (Å²) < 4.78 is 44.7. The van der Waals surface area contributed by atoms with Gasteiger partial charge in [0.05, 0.1) is 25.3 Å². The van der Waals surface area contributed by atoms with E-state index in [1.165, 1.54) is 31.4 Å². The van der Waals surface area contributed by atoms with Gasteiger partial charge in [0.25, 0.3) is 5.91 Å². The number of likely N-dealkylation sites (tertiary alicyclic amines) is 1. The highest BCUT2D eigenvalue weighted by atomic mass is 19.1. The van der Waals surface area contributed by atoms with Crippen LogP contribution in [0.5, 0.6) is 17.6 Å². The summed E-state index contributed by atoms with van der Waals surface area (Å²) in [4.78, 5) is 52.3. The summed E-state index contributed by atoms with van der Waals surface area (Å²) in [5.41, 5.74) is 2.45. The van der Waals surface area contributed by atoms with Gasteiger partial charge in [0.2, 0.25) is 5.88 Å². The van der Waals surface area contributed by atoms with Gasteiger partial charge >= 0.3 is 6.01 Å². The molecular formula is C55H68F2N10O5. The number of allylic oxidation sites excluding steroid dienone is 2. The molecule has 2 atom stereocenters. The van der Waals surface area contributed by atoms with Gasteiger partial charge in [0.15, 0.2) is 5.82 Å². The number of amides is 1. The summed E-state index contributed by atoms with van der Waals surface area (Å²) in [6.07, 6.45) is 12.6. The number of benzene rings is 2. The molecule has 1 amide bonds. The van der Waals surface area contributed by atoms with Crippen LogP contribution in [0.15, 0.2) is 72.6 Å². The molecule has 4 aromatic rings. The molecular weight excluding hydrogens is 919 g/mol. The third kappa shape index (κ3) is 11.2. The molecule has 8 rings (SSSR count). The van der Waals surface area contributed by atoms with Crippen LogP contribution in [0.1, 0.15) is 44.6 Å². The molecule has 0 bridgehead atoms. The molecule has 2 unspecified atom stereocenters. The highest BCUT2D eigenvalue weighted by molar-refractivity contribution is 6.04. The molecule has 3 aliphatic heterocycles. The predicted molar refractivity (Wildman–Crippen MR) is 278 cm³/mol. The lowest BCUT2D eigenvalue weighted by atomic mass is 9.95. The smallest absolute Gasteiger partial charge is 0.319 e. The Kier molecular flexibility index (Phi) is 15.8. The third-order valence-corrected chi connectivity index (χ3v) is 14.9. The second-order valence-corrected chi connectivity index (χ2v) is 20.1. The van der Waals surface area contributed by atoms with Crippen LogP contribution < -0.4 is 19.7 Å². The van der Waals surface area contributed by atoms with Crippen molar-refractivity contribution in [2.45, 2.75) is 45.1 Å². The van der Waals surface area contributed by atoms with Gasteiger partial charge in [0, 0.05) is 126 Å². The van der Waals surface area contributed by atoms with Crippen LogP contribution >= 0.6 is 0 Å². The minimum atomic E-state index is -0.803. The molecule has 382 valence electrons. The van der Waals surface area contributed by atoms with Crippen molar-refractivity contribution in [2.75, 3.05) is 118 Å². The summed E-state index contributed by atoms with van der Waals surface area (Å²) >= 11 is 0. The van der Waals surface area contributed by atoms with Gasteiger partial charge < -0.3 is 54.1 Å². The lowest BCUT2D eigenvalue weighted by molar-refractivity contribution is -0.130.